The van der Waals surface area contributed by atoms with Crippen molar-refractivity contribution >= 4 is 17.4 Å². The number of urea groups is 1. The summed E-state index contributed by atoms with van der Waals surface area (Å²) in [7, 11) is 0. The van der Waals surface area contributed by atoms with Crippen LogP contribution in [0.25, 0.3) is 0 Å². The van der Waals surface area contributed by atoms with Crippen molar-refractivity contribution in [3.8, 4) is 0 Å². The SMILES string of the molecule is O=C(NCc1cscn1)NCC1CCOC2(CCC2)C1. The minimum atomic E-state index is -0.104. The minimum Gasteiger partial charge on any atom is -0.375 e. The van der Waals surface area contributed by atoms with E-state index in [0.717, 1.165) is 31.7 Å². The van der Waals surface area contributed by atoms with Crippen molar-refractivity contribution in [1.29, 1.82) is 0 Å². The molecule has 3 rings (SSSR count). The van der Waals surface area contributed by atoms with Gasteiger partial charge in [0, 0.05) is 18.5 Å². The topological polar surface area (TPSA) is 63.2 Å². The molecule has 2 fully saturated rings. The Bertz CT molecular complexity index is 445. The third kappa shape index (κ3) is 3.30. The smallest absolute Gasteiger partial charge is 0.315 e. The van der Waals surface area contributed by atoms with Gasteiger partial charge in [-0.15, -0.1) is 11.3 Å². The van der Waals surface area contributed by atoms with Crippen LogP contribution < -0.4 is 10.6 Å². The van der Waals surface area contributed by atoms with Crippen LogP contribution in [0.4, 0.5) is 4.79 Å². The Morgan fingerprint density at radius 3 is 3.10 bits per heavy atom. The van der Waals surface area contributed by atoms with E-state index in [-0.39, 0.29) is 11.6 Å². The molecule has 1 saturated heterocycles. The highest BCUT2D eigenvalue weighted by molar-refractivity contribution is 7.07. The Labute approximate surface area is 123 Å². The number of nitrogens with zero attached hydrogens (tertiary/aromatic N) is 1. The standard InChI is InChI=1S/C14H21N3O2S/c18-13(16-8-12-9-20-10-17-12)15-7-11-2-5-19-14(6-11)3-1-4-14/h9-11H,1-8H2,(H2,15,16,18). The molecule has 2 amide bonds. The monoisotopic (exact) mass is 295 g/mol. The van der Waals surface area contributed by atoms with Crippen molar-refractivity contribution in [2.24, 2.45) is 5.92 Å². The van der Waals surface area contributed by atoms with Crippen molar-refractivity contribution in [3.63, 3.8) is 0 Å². The maximum atomic E-state index is 11.7. The van der Waals surface area contributed by atoms with Crippen LogP contribution in [0.1, 0.15) is 37.8 Å². The molecule has 1 unspecified atom stereocenters. The van der Waals surface area contributed by atoms with Gasteiger partial charge in [0.25, 0.3) is 0 Å². The molecule has 5 nitrogen and oxygen atoms in total. The number of hydrogen-bond donors (Lipinski definition) is 2. The molecule has 2 N–H and O–H groups in total. The van der Waals surface area contributed by atoms with Gasteiger partial charge in [0.1, 0.15) is 0 Å². The zero-order chi connectivity index (χ0) is 13.8. The van der Waals surface area contributed by atoms with E-state index < -0.39 is 0 Å². The molecule has 110 valence electrons. The summed E-state index contributed by atoms with van der Waals surface area (Å²) in [4.78, 5) is 15.9. The number of hydrogen-bond acceptors (Lipinski definition) is 4. The second-order valence-corrected chi connectivity index (χ2v) is 6.51. The average Bonchev–Trinajstić information content (AvgIpc) is 2.95. The first kappa shape index (κ1) is 13.8. The lowest BCUT2D eigenvalue weighted by Gasteiger charge is -2.47. The third-order valence-electron chi connectivity index (χ3n) is 4.32. The predicted molar refractivity (Wildman–Crippen MR) is 77.6 cm³/mol. The number of carbonyl (C=O) groups excluding carboxylic acids is 1. The minimum absolute atomic E-state index is 0.104. The van der Waals surface area contributed by atoms with Gasteiger partial charge < -0.3 is 15.4 Å². The van der Waals surface area contributed by atoms with Gasteiger partial charge in [-0.05, 0) is 38.0 Å². The van der Waals surface area contributed by atoms with Gasteiger partial charge in [-0.2, -0.15) is 0 Å². The number of amides is 2. The van der Waals surface area contributed by atoms with Crippen LogP contribution in [-0.4, -0.2) is 29.8 Å². The Morgan fingerprint density at radius 2 is 2.40 bits per heavy atom. The van der Waals surface area contributed by atoms with Gasteiger partial charge in [-0.25, -0.2) is 9.78 Å². The highest BCUT2D eigenvalue weighted by atomic mass is 32.1. The van der Waals surface area contributed by atoms with Gasteiger partial charge in [-0.3, -0.25) is 0 Å². The van der Waals surface area contributed by atoms with Gasteiger partial charge in [-0.1, -0.05) is 0 Å². The van der Waals surface area contributed by atoms with Crippen LogP contribution in [0.2, 0.25) is 0 Å². The number of ether oxygens (including phenoxy) is 1. The Kier molecular flexibility index (Phi) is 4.21. The first-order valence-corrected chi connectivity index (χ1v) is 8.23. The van der Waals surface area contributed by atoms with E-state index >= 15 is 0 Å². The quantitative estimate of drug-likeness (QED) is 0.896. The molecule has 6 heteroatoms. The lowest BCUT2D eigenvalue weighted by molar-refractivity contribution is -0.142. The largest absolute Gasteiger partial charge is 0.375 e. The number of rotatable bonds is 4. The first-order chi connectivity index (χ1) is 9.76. The fourth-order valence-electron chi connectivity index (χ4n) is 3.02. The lowest BCUT2D eigenvalue weighted by atomic mass is 9.72. The third-order valence-corrected chi connectivity index (χ3v) is 4.96. The summed E-state index contributed by atoms with van der Waals surface area (Å²) in [5, 5.41) is 7.75. The van der Waals surface area contributed by atoms with Crippen molar-refractivity contribution in [3.05, 3.63) is 16.6 Å². The van der Waals surface area contributed by atoms with Crippen molar-refractivity contribution in [2.75, 3.05) is 13.2 Å². The van der Waals surface area contributed by atoms with Crippen LogP contribution in [0.3, 0.4) is 0 Å². The van der Waals surface area contributed by atoms with E-state index in [1.807, 2.05) is 5.38 Å². The molecule has 2 aliphatic rings. The Hall–Kier alpha value is -1.14. The van der Waals surface area contributed by atoms with E-state index in [4.69, 9.17) is 4.74 Å². The van der Waals surface area contributed by atoms with Gasteiger partial charge >= 0.3 is 6.03 Å². The average molecular weight is 295 g/mol. The summed E-state index contributed by atoms with van der Waals surface area (Å²) in [5.74, 6) is 0.550. The van der Waals surface area contributed by atoms with Gasteiger partial charge in [0.15, 0.2) is 0 Å². The molecular formula is C14H21N3O2S. The molecule has 20 heavy (non-hydrogen) atoms. The van der Waals surface area contributed by atoms with Crippen LogP contribution in [0.5, 0.6) is 0 Å². The number of thiazole rings is 1. The molecule has 0 aromatic carbocycles. The van der Waals surface area contributed by atoms with E-state index in [1.54, 1.807) is 5.51 Å². The molecule has 0 radical (unpaired) electrons. The molecule has 1 aromatic rings. The van der Waals surface area contributed by atoms with Crippen LogP contribution in [0.15, 0.2) is 10.9 Å². The maximum Gasteiger partial charge on any atom is 0.315 e. The Morgan fingerprint density at radius 1 is 1.50 bits per heavy atom. The van der Waals surface area contributed by atoms with Gasteiger partial charge in [0.2, 0.25) is 0 Å². The molecule has 1 aromatic heterocycles. The highest BCUT2D eigenvalue weighted by Gasteiger charge is 2.42. The highest BCUT2D eigenvalue weighted by Crippen LogP contribution is 2.43. The number of aromatic nitrogens is 1. The number of nitrogens with one attached hydrogen (secondary N) is 2. The zero-order valence-electron chi connectivity index (χ0n) is 11.6. The van der Waals surface area contributed by atoms with E-state index in [2.05, 4.69) is 15.6 Å². The normalized spacial score (nSPS) is 24.1. The van der Waals surface area contributed by atoms with Crippen molar-refractivity contribution in [1.82, 2.24) is 15.6 Å². The summed E-state index contributed by atoms with van der Waals surface area (Å²) < 4.78 is 5.90. The summed E-state index contributed by atoms with van der Waals surface area (Å²) in [5.41, 5.74) is 2.83. The van der Waals surface area contributed by atoms with Crippen LogP contribution in [-0.2, 0) is 11.3 Å². The van der Waals surface area contributed by atoms with E-state index in [1.165, 1.54) is 30.6 Å². The van der Waals surface area contributed by atoms with Crippen molar-refractivity contribution in [2.45, 2.75) is 44.2 Å². The molecule has 1 aliphatic heterocycles. The molecule has 0 bridgehead atoms. The molecule has 1 atom stereocenters. The summed E-state index contributed by atoms with van der Waals surface area (Å²) >= 11 is 1.54. The van der Waals surface area contributed by atoms with Gasteiger partial charge in [0.05, 0.1) is 23.4 Å². The first-order valence-electron chi connectivity index (χ1n) is 7.28. The molecule has 1 saturated carbocycles. The van der Waals surface area contributed by atoms with Crippen LogP contribution in [0, 0.1) is 5.92 Å². The summed E-state index contributed by atoms with van der Waals surface area (Å²) in [6, 6.07) is -0.104. The summed E-state index contributed by atoms with van der Waals surface area (Å²) in [6.45, 7) is 2.08. The van der Waals surface area contributed by atoms with Crippen molar-refractivity contribution < 1.29 is 9.53 Å². The molecule has 2 heterocycles. The van der Waals surface area contributed by atoms with Crippen LogP contribution >= 0.6 is 11.3 Å². The fraction of sp³-hybridized carbons (Fsp3) is 0.714. The van der Waals surface area contributed by atoms with E-state index in [9.17, 15) is 4.79 Å². The number of carbonyl (C=O) groups is 1. The molecular weight excluding hydrogens is 274 g/mol. The molecule has 1 spiro atoms. The summed E-state index contributed by atoms with van der Waals surface area (Å²) in [6.07, 6.45) is 5.82. The predicted octanol–water partition coefficient (Wildman–Crippen LogP) is 2.29. The lowest BCUT2D eigenvalue weighted by Crippen LogP contribution is -2.48. The zero-order valence-corrected chi connectivity index (χ0v) is 12.4. The second kappa shape index (κ2) is 6.10. The fourth-order valence-corrected chi connectivity index (χ4v) is 3.58. The van der Waals surface area contributed by atoms with E-state index in [0.29, 0.717) is 12.5 Å². The Balaban J connectivity index is 1.37. The molecule has 1 aliphatic carbocycles. The maximum absolute atomic E-state index is 11.7. The second-order valence-electron chi connectivity index (χ2n) is 5.79.